The van der Waals surface area contributed by atoms with Crippen LogP contribution in [-0.2, 0) is 0 Å². The Morgan fingerprint density at radius 3 is 1.09 bits per heavy atom. The zero-order valence-corrected chi connectivity index (χ0v) is 16.0. The molecular weight excluding hydrogens is 290 g/mol. The zero-order valence-electron chi connectivity index (χ0n) is 16.0. The molecule has 0 aromatic heterocycles. The first-order valence-electron chi connectivity index (χ1n) is 9.64. The Bertz CT molecular complexity index is 253. The van der Waals surface area contributed by atoms with E-state index in [-0.39, 0.29) is 0 Å². The maximum atomic E-state index is 11.3. The number of hydrogen-bond acceptors (Lipinski definition) is 4. The van der Waals surface area contributed by atoms with E-state index in [1.807, 2.05) is 0 Å². The maximum absolute atomic E-state index is 11.3. The van der Waals surface area contributed by atoms with Gasteiger partial charge in [-0.15, -0.1) is 0 Å². The van der Waals surface area contributed by atoms with Crippen LogP contribution in [0.15, 0.2) is 0 Å². The summed E-state index contributed by atoms with van der Waals surface area (Å²) in [6.45, 7) is 8.65. The minimum absolute atomic E-state index is 0.746. The predicted molar refractivity (Wildman–Crippen MR) is 98.7 cm³/mol. The molecule has 0 aromatic carbocycles. The summed E-state index contributed by atoms with van der Waals surface area (Å²) in [5.74, 6) is 0. The SMILES string of the molecule is CCCCCC(O)(CCCC)C(O)(CCCC)CCCC.N=O. The summed E-state index contributed by atoms with van der Waals surface area (Å²) in [5.41, 5.74) is 2.73. The van der Waals surface area contributed by atoms with Crippen molar-refractivity contribution in [1.29, 1.82) is 5.59 Å². The second kappa shape index (κ2) is 15.1. The van der Waals surface area contributed by atoms with E-state index < -0.39 is 11.2 Å². The van der Waals surface area contributed by atoms with Gasteiger partial charge in [-0.25, -0.2) is 0 Å². The first kappa shape index (κ1) is 24.8. The van der Waals surface area contributed by atoms with Crippen molar-refractivity contribution in [2.24, 2.45) is 0 Å². The lowest BCUT2D eigenvalue weighted by atomic mass is 9.70. The van der Waals surface area contributed by atoms with Crippen LogP contribution in [0.1, 0.15) is 111 Å². The van der Waals surface area contributed by atoms with Crippen LogP contribution in [0.25, 0.3) is 0 Å². The number of aliphatic hydroxyl groups is 2. The summed E-state index contributed by atoms with van der Waals surface area (Å²) in [5, 5.41) is 22.6. The summed E-state index contributed by atoms with van der Waals surface area (Å²) in [4.78, 5) is 7.50. The average molecular weight is 332 g/mol. The molecule has 1 unspecified atom stereocenters. The van der Waals surface area contributed by atoms with E-state index in [1.165, 1.54) is 0 Å². The van der Waals surface area contributed by atoms with Crippen molar-refractivity contribution in [3.63, 3.8) is 0 Å². The molecule has 0 spiro atoms. The van der Waals surface area contributed by atoms with Gasteiger partial charge in [0.05, 0.1) is 11.2 Å². The highest BCUT2D eigenvalue weighted by Gasteiger charge is 2.46. The minimum atomic E-state index is -0.887. The Hall–Kier alpha value is -0.480. The molecule has 1 atom stereocenters. The number of nitrogens with one attached hydrogen (secondary N) is 1. The van der Waals surface area contributed by atoms with Gasteiger partial charge in [-0.3, -0.25) is 0 Å². The van der Waals surface area contributed by atoms with Crippen LogP contribution in [0.2, 0.25) is 0 Å². The van der Waals surface area contributed by atoms with Gasteiger partial charge < -0.3 is 10.2 Å². The van der Waals surface area contributed by atoms with Crippen LogP contribution in [0, 0.1) is 10.5 Å². The Balaban J connectivity index is 0. The average Bonchev–Trinajstić information content (AvgIpc) is 2.58. The largest absolute Gasteiger partial charge is 0.387 e. The molecule has 0 aliphatic carbocycles. The van der Waals surface area contributed by atoms with Crippen molar-refractivity contribution in [2.45, 2.75) is 122 Å². The number of nitroso groups, excluding NO2 is 1. The molecule has 0 saturated carbocycles. The molecule has 0 heterocycles. The third-order valence-electron chi connectivity index (χ3n) is 4.89. The van der Waals surface area contributed by atoms with Gasteiger partial charge in [-0.2, -0.15) is 4.91 Å². The maximum Gasteiger partial charge on any atom is 0.0933 e. The minimum Gasteiger partial charge on any atom is -0.387 e. The van der Waals surface area contributed by atoms with Crippen molar-refractivity contribution >= 4 is 0 Å². The molecule has 0 aromatic rings. The highest BCUT2D eigenvalue weighted by atomic mass is 16.4. The summed E-state index contributed by atoms with van der Waals surface area (Å²) in [7, 11) is 0. The van der Waals surface area contributed by atoms with E-state index in [2.05, 4.69) is 33.3 Å². The Labute approximate surface area is 143 Å². The molecule has 0 bridgehead atoms. The fourth-order valence-corrected chi connectivity index (χ4v) is 3.26. The van der Waals surface area contributed by atoms with E-state index in [1.54, 1.807) is 0 Å². The van der Waals surface area contributed by atoms with E-state index in [9.17, 15) is 10.2 Å². The van der Waals surface area contributed by atoms with Crippen molar-refractivity contribution in [3.8, 4) is 0 Å². The van der Waals surface area contributed by atoms with Crippen LogP contribution in [0.5, 0.6) is 0 Å². The Kier molecular flexibility index (Phi) is 16.2. The van der Waals surface area contributed by atoms with Gasteiger partial charge in [0.25, 0.3) is 0 Å². The van der Waals surface area contributed by atoms with Crippen LogP contribution in [0.3, 0.4) is 0 Å². The van der Waals surface area contributed by atoms with Gasteiger partial charge in [-0.1, -0.05) is 91.1 Å². The van der Waals surface area contributed by atoms with Crippen LogP contribution in [0.4, 0.5) is 0 Å². The summed E-state index contributed by atoms with van der Waals surface area (Å²) in [6.07, 6.45) is 12.6. The lowest BCUT2D eigenvalue weighted by Gasteiger charge is -2.45. The number of unbranched alkanes of at least 4 members (excludes halogenated alkanes) is 5. The van der Waals surface area contributed by atoms with Crippen LogP contribution in [-0.4, -0.2) is 21.4 Å². The van der Waals surface area contributed by atoms with E-state index in [0.717, 1.165) is 83.5 Å². The fourth-order valence-electron chi connectivity index (χ4n) is 3.26. The molecule has 0 fully saturated rings. The van der Waals surface area contributed by atoms with Gasteiger partial charge in [0.2, 0.25) is 0 Å². The molecule has 3 N–H and O–H groups in total. The third kappa shape index (κ3) is 9.41. The van der Waals surface area contributed by atoms with E-state index >= 15 is 0 Å². The molecule has 0 aliphatic rings. The third-order valence-corrected chi connectivity index (χ3v) is 4.89. The van der Waals surface area contributed by atoms with Crippen molar-refractivity contribution < 1.29 is 10.2 Å². The first-order valence-corrected chi connectivity index (χ1v) is 9.64. The lowest BCUT2D eigenvalue weighted by molar-refractivity contribution is -0.170. The van der Waals surface area contributed by atoms with Gasteiger partial charge in [-0.05, 0) is 25.7 Å². The van der Waals surface area contributed by atoms with Crippen LogP contribution >= 0.6 is 0 Å². The molecule has 0 rings (SSSR count). The van der Waals surface area contributed by atoms with E-state index in [0.29, 0.717) is 0 Å². The normalized spacial score (nSPS) is 14.0. The molecule has 4 heteroatoms. The lowest BCUT2D eigenvalue weighted by Crippen LogP contribution is -2.54. The van der Waals surface area contributed by atoms with Crippen LogP contribution < -0.4 is 0 Å². The molecule has 0 aliphatic heterocycles. The van der Waals surface area contributed by atoms with Crippen molar-refractivity contribution in [1.82, 2.24) is 0 Å². The number of hydrogen-bond donors (Lipinski definition) is 3. The second-order valence-corrected chi connectivity index (χ2v) is 6.83. The Morgan fingerprint density at radius 2 is 0.826 bits per heavy atom. The first-order chi connectivity index (χ1) is 11.0. The second-order valence-electron chi connectivity index (χ2n) is 6.83. The summed E-state index contributed by atoms with van der Waals surface area (Å²) in [6, 6.07) is 0. The van der Waals surface area contributed by atoms with Gasteiger partial charge in [0, 0.05) is 0 Å². The zero-order chi connectivity index (χ0) is 18.2. The standard InChI is InChI=1S/C19H40O2.HNO/c1-5-9-13-17-19(21,16-12-8-4)18(20,14-10-6-2)15-11-7-3;1-2/h20-21H,5-17H2,1-4H3;1H. The van der Waals surface area contributed by atoms with Gasteiger partial charge in [0.1, 0.15) is 0 Å². The molecule has 0 amide bonds. The molecule has 23 heavy (non-hydrogen) atoms. The molecule has 140 valence electrons. The monoisotopic (exact) mass is 331 g/mol. The molecule has 4 nitrogen and oxygen atoms in total. The molecule has 0 radical (unpaired) electrons. The molecular formula is C19H41NO3. The highest BCUT2D eigenvalue weighted by molar-refractivity contribution is 4.99. The fraction of sp³-hybridized carbons (Fsp3) is 1.00. The predicted octanol–water partition coefficient (Wildman–Crippen LogP) is 5.93. The van der Waals surface area contributed by atoms with Gasteiger partial charge in [0.15, 0.2) is 0 Å². The smallest absolute Gasteiger partial charge is 0.0933 e. The summed E-state index contributed by atoms with van der Waals surface area (Å²) >= 11 is 0. The molecule has 0 saturated heterocycles. The van der Waals surface area contributed by atoms with Gasteiger partial charge >= 0.3 is 0 Å². The quantitative estimate of drug-likeness (QED) is 0.272. The summed E-state index contributed by atoms with van der Waals surface area (Å²) < 4.78 is 0. The Morgan fingerprint density at radius 1 is 0.565 bits per heavy atom. The number of rotatable bonds is 14. The topological polar surface area (TPSA) is 81.4 Å². The highest BCUT2D eigenvalue weighted by Crippen LogP contribution is 2.40. The van der Waals surface area contributed by atoms with E-state index in [4.69, 9.17) is 4.91 Å². The van der Waals surface area contributed by atoms with Crippen molar-refractivity contribution in [3.05, 3.63) is 4.91 Å². The van der Waals surface area contributed by atoms with Crippen molar-refractivity contribution in [2.75, 3.05) is 0 Å².